The van der Waals surface area contributed by atoms with Crippen molar-refractivity contribution < 1.29 is 4.84 Å². The molecule has 60 valence electrons. The van der Waals surface area contributed by atoms with Gasteiger partial charge in [-0.05, 0) is 20.8 Å². The van der Waals surface area contributed by atoms with Gasteiger partial charge in [-0.3, -0.25) is 4.84 Å². The highest BCUT2D eigenvalue weighted by Gasteiger charge is 2.30. The average Bonchev–Trinajstić information content (AvgIpc) is 2.11. The van der Waals surface area contributed by atoms with E-state index in [1.165, 1.54) is 0 Å². The second-order valence-electron chi connectivity index (χ2n) is 3.58. The molecular formula is C7H14ClNO. The van der Waals surface area contributed by atoms with Crippen LogP contribution in [0.2, 0.25) is 0 Å². The second-order valence-corrected chi connectivity index (χ2v) is 4.06. The Morgan fingerprint density at radius 1 is 1.50 bits per heavy atom. The Kier molecular flexibility index (Phi) is 2.23. The van der Waals surface area contributed by atoms with Crippen LogP contribution in [0.5, 0.6) is 0 Å². The number of hydroxylamine groups is 2. The standard InChI is InChI=1S/C7H14ClNO/c1-7(2,3)9-5-4-6(8)10-9/h6H,4-5H2,1-3H3/t6-/m0/s1. The Hall–Kier alpha value is 0.210. The monoisotopic (exact) mass is 163 g/mol. The number of rotatable bonds is 0. The van der Waals surface area contributed by atoms with Gasteiger partial charge in [0.05, 0.1) is 0 Å². The SMILES string of the molecule is CC(C)(C)N1CC[C@@H](Cl)O1. The van der Waals surface area contributed by atoms with Crippen LogP contribution in [0.3, 0.4) is 0 Å². The molecule has 0 aromatic heterocycles. The van der Waals surface area contributed by atoms with Crippen LogP contribution in [-0.2, 0) is 4.84 Å². The molecule has 0 aliphatic carbocycles. The van der Waals surface area contributed by atoms with Crippen LogP contribution in [0.15, 0.2) is 0 Å². The highest BCUT2D eigenvalue weighted by atomic mass is 35.5. The van der Waals surface area contributed by atoms with Crippen LogP contribution < -0.4 is 0 Å². The maximum absolute atomic E-state index is 5.75. The van der Waals surface area contributed by atoms with Gasteiger partial charge in [-0.1, -0.05) is 11.6 Å². The van der Waals surface area contributed by atoms with Crippen molar-refractivity contribution in [2.75, 3.05) is 6.54 Å². The summed E-state index contributed by atoms with van der Waals surface area (Å²) in [7, 11) is 0. The van der Waals surface area contributed by atoms with Gasteiger partial charge in [0.15, 0.2) is 5.56 Å². The summed E-state index contributed by atoms with van der Waals surface area (Å²) in [5, 5.41) is 1.94. The van der Waals surface area contributed by atoms with Gasteiger partial charge in [0.1, 0.15) is 0 Å². The molecule has 1 atom stereocenters. The first kappa shape index (κ1) is 8.31. The van der Waals surface area contributed by atoms with Crippen molar-refractivity contribution in [1.29, 1.82) is 0 Å². The molecule has 2 nitrogen and oxygen atoms in total. The Balaban J connectivity index is 2.45. The lowest BCUT2D eigenvalue weighted by Crippen LogP contribution is -2.38. The lowest BCUT2D eigenvalue weighted by Gasteiger charge is -2.29. The molecule has 10 heavy (non-hydrogen) atoms. The summed E-state index contributed by atoms with van der Waals surface area (Å²) in [4.78, 5) is 5.32. The van der Waals surface area contributed by atoms with Gasteiger partial charge in [0.25, 0.3) is 0 Å². The first-order valence-corrected chi connectivity index (χ1v) is 4.02. The van der Waals surface area contributed by atoms with E-state index in [2.05, 4.69) is 20.8 Å². The summed E-state index contributed by atoms with van der Waals surface area (Å²) in [6.45, 7) is 7.28. The topological polar surface area (TPSA) is 12.5 Å². The van der Waals surface area contributed by atoms with Crippen molar-refractivity contribution in [2.45, 2.75) is 38.3 Å². The number of alkyl halides is 1. The summed E-state index contributed by atoms with van der Waals surface area (Å²) in [6.07, 6.45) is 0.929. The normalized spacial score (nSPS) is 29.4. The molecule has 0 bridgehead atoms. The Labute approximate surface area is 67.1 Å². The molecule has 1 rings (SSSR count). The highest BCUT2D eigenvalue weighted by molar-refractivity contribution is 6.19. The maximum atomic E-state index is 5.75. The van der Waals surface area contributed by atoms with E-state index in [9.17, 15) is 0 Å². The van der Waals surface area contributed by atoms with E-state index >= 15 is 0 Å². The molecule has 1 heterocycles. The van der Waals surface area contributed by atoms with Crippen LogP contribution in [0, 0.1) is 0 Å². The van der Waals surface area contributed by atoms with Crippen molar-refractivity contribution >= 4 is 11.6 Å². The summed E-state index contributed by atoms with van der Waals surface area (Å²) in [6, 6.07) is 0. The van der Waals surface area contributed by atoms with Gasteiger partial charge in [0, 0.05) is 18.5 Å². The lowest BCUT2D eigenvalue weighted by atomic mass is 10.1. The minimum Gasteiger partial charge on any atom is -0.279 e. The third-order valence-corrected chi connectivity index (χ3v) is 1.85. The van der Waals surface area contributed by atoms with E-state index in [-0.39, 0.29) is 11.1 Å². The number of nitrogens with zero attached hydrogens (tertiary/aromatic N) is 1. The van der Waals surface area contributed by atoms with Crippen molar-refractivity contribution in [2.24, 2.45) is 0 Å². The molecule has 0 aromatic carbocycles. The Morgan fingerprint density at radius 2 is 2.10 bits per heavy atom. The fourth-order valence-corrected chi connectivity index (χ4v) is 1.15. The number of hydrogen-bond acceptors (Lipinski definition) is 2. The van der Waals surface area contributed by atoms with E-state index in [0.29, 0.717) is 0 Å². The molecule has 1 aliphatic rings. The van der Waals surface area contributed by atoms with Gasteiger partial charge < -0.3 is 0 Å². The van der Waals surface area contributed by atoms with Crippen LogP contribution in [0.25, 0.3) is 0 Å². The molecule has 0 aromatic rings. The number of halogens is 1. The van der Waals surface area contributed by atoms with Crippen molar-refractivity contribution in [3.63, 3.8) is 0 Å². The van der Waals surface area contributed by atoms with E-state index in [1.54, 1.807) is 0 Å². The van der Waals surface area contributed by atoms with E-state index in [0.717, 1.165) is 13.0 Å². The molecule has 0 spiro atoms. The second kappa shape index (κ2) is 2.68. The predicted molar refractivity (Wildman–Crippen MR) is 41.8 cm³/mol. The fourth-order valence-electron chi connectivity index (χ4n) is 0.956. The van der Waals surface area contributed by atoms with Gasteiger partial charge in [-0.25, -0.2) is 0 Å². The van der Waals surface area contributed by atoms with Gasteiger partial charge >= 0.3 is 0 Å². The average molecular weight is 164 g/mol. The molecule has 1 aliphatic heterocycles. The largest absolute Gasteiger partial charge is 0.279 e. The molecule has 0 saturated carbocycles. The molecule has 0 radical (unpaired) electrons. The Bertz CT molecular complexity index is 121. The molecule has 0 N–H and O–H groups in total. The summed E-state index contributed by atoms with van der Waals surface area (Å²) in [5.41, 5.74) is -0.0249. The zero-order chi connectivity index (χ0) is 7.78. The lowest BCUT2D eigenvalue weighted by molar-refractivity contribution is -0.176. The van der Waals surface area contributed by atoms with Gasteiger partial charge in [-0.15, -0.1) is 0 Å². The van der Waals surface area contributed by atoms with Crippen molar-refractivity contribution in [3.05, 3.63) is 0 Å². The molecule has 1 fully saturated rings. The van der Waals surface area contributed by atoms with E-state index < -0.39 is 0 Å². The molecular weight excluding hydrogens is 150 g/mol. The zero-order valence-corrected chi connectivity index (χ0v) is 7.48. The predicted octanol–water partition coefficient (Wildman–Crippen LogP) is 1.99. The highest BCUT2D eigenvalue weighted by Crippen LogP contribution is 2.24. The van der Waals surface area contributed by atoms with Gasteiger partial charge in [-0.2, -0.15) is 5.06 Å². The van der Waals surface area contributed by atoms with Crippen LogP contribution >= 0.6 is 11.6 Å². The van der Waals surface area contributed by atoms with Crippen LogP contribution in [0.1, 0.15) is 27.2 Å². The first-order valence-electron chi connectivity index (χ1n) is 3.58. The quantitative estimate of drug-likeness (QED) is 0.507. The summed E-state index contributed by atoms with van der Waals surface area (Å²) >= 11 is 5.75. The Morgan fingerprint density at radius 3 is 2.30 bits per heavy atom. The first-order chi connectivity index (χ1) is 4.50. The summed E-state index contributed by atoms with van der Waals surface area (Å²) < 4.78 is 0. The molecule has 3 heteroatoms. The van der Waals surface area contributed by atoms with E-state index in [4.69, 9.17) is 16.4 Å². The third-order valence-electron chi connectivity index (χ3n) is 1.55. The minimum atomic E-state index is -0.112. The minimum absolute atomic E-state index is 0.0869. The smallest absolute Gasteiger partial charge is 0.154 e. The zero-order valence-electron chi connectivity index (χ0n) is 6.72. The molecule has 0 unspecified atom stereocenters. The van der Waals surface area contributed by atoms with Crippen molar-refractivity contribution in [1.82, 2.24) is 5.06 Å². The van der Waals surface area contributed by atoms with Crippen molar-refractivity contribution in [3.8, 4) is 0 Å². The van der Waals surface area contributed by atoms with E-state index in [1.807, 2.05) is 5.06 Å². The molecule has 1 saturated heterocycles. The van der Waals surface area contributed by atoms with Gasteiger partial charge in [0.2, 0.25) is 0 Å². The summed E-state index contributed by atoms with van der Waals surface area (Å²) in [5.74, 6) is 0. The third kappa shape index (κ3) is 1.84. The fraction of sp³-hybridized carbons (Fsp3) is 1.00. The van der Waals surface area contributed by atoms with Crippen LogP contribution in [0.4, 0.5) is 0 Å². The number of hydrogen-bond donors (Lipinski definition) is 0. The maximum Gasteiger partial charge on any atom is 0.154 e. The van der Waals surface area contributed by atoms with Crippen LogP contribution in [-0.4, -0.2) is 22.7 Å². The molecule has 0 amide bonds.